The molecule has 0 unspecified atom stereocenters. The molecule has 142 valence electrons. The van der Waals surface area contributed by atoms with Crippen molar-refractivity contribution in [3.63, 3.8) is 0 Å². The second-order valence-electron chi connectivity index (χ2n) is 5.95. The average molecular weight is 387 g/mol. The molecule has 3 heterocycles. The maximum absolute atomic E-state index is 12.7. The summed E-state index contributed by atoms with van der Waals surface area (Å²) in [5.41, 5.74) is 4.84. The number of carbonyl (C=O) groups is 1. The highest BCUT2D eigenvalue weighted by Crippen LogP contribution is 2.24. The van der Waals surface area contributed by atoms with Crippen molar-refractivity contribution in [2.24, 2.45) is 5.10 Å². The molecule has 0 saturated heterocycles. The number of fused-ring (bicyclic) bond motifs is 1. The monoisotopic (exact) mass is 387 g/mol. The molecule has 9 nitrogen and oxygen atoms in total. The van der Waals surface area contributed by atoms with Gasteiger partial charge in [0.2, 0.25) is 0 Å². The summed E-state index contributed by atoms with van der Waals surface area (Å²) in [6, 6.07) is 15.2. The molecule has 0 bridgehead atoms. The molecular formula is C20H13N5O4. The number of hydrogen-bond acceptors (Lipinski definition) is 7. The number of hydrazone groups is 1. The van der Waals surface area contributed by atoms with Gasteiger partial charge in [0, 0.05) is 23.3 Å². The van der Waals surface area contributed by atoms with Gasteiger partial charge >= 0.3 is 5.88 Å². The highest BCUT2D eigenvalue weighted by molar-refractivity contribution is 6.07. The standard InChI is InChI=1S/C20H13N5O4/c26-20(24-22-12-14-7-8-19(29-14)25(27)28)16-10-18(13-4-3-9-21-11-13)23-17-6-2-1-5-15(16)17/h1-12H,(H,24,26)/b22-12-. The number of carbonyl (C=O) groups excluding carboxylic acids is 1. The Hall–Kier alpha value is -4.40. The fourth-order valence-electron chi connectivity index (χ4n) is 2.75. The lowest BCUT2D eigenvalue weighted by Crippen LogP contribution is -2.18. The molecule has 4 aromatic rings. The molecule has 29 heavy (non-hydrogen) atoms. The molecule has 0 radical (unpaired) electrons. The maximum atomic E-state index is 12.7. The van der Waals surface area contributed by atoms with E-state index in [4.69, 9.17) is 4.42 Å². The zero-order valence-corrected chi connectivity index (χ0v) is 14.9. The number of hydrogen-bond donors (Lipinski definition) is 1. The Morgan fingerprint density at radius 2 is 2.03 bits per heavy atom. The fourth-order valence-corrected chi connectivity index (χ4v) is 2.75. The Labute approximate surface area is 163 Å². The van der Waals surface area contributed by atoms with Crippen LogP contribution >= 0.6 is 0 Å². The van der Waals surface area contributed by atoms with E-state index < -0.39 is 16.7 Å². The topological polar surface area (TPSA) is 124 Å². The van der Waals surface area contributed by atoms with Gasteiger partial charge in [-0.15, -0.1) is 0 Å². The lowest BCUT2D eigenvalue weighted by molar-refractivity contribution is -0.402. The van der Waals surface area contributed by atoms with Gasteiger partial charge in [-0.2, -0.15) is 5.10 Å². The quantitative estimate of drug-likeness (QED) is 0.317. The predicted molar refractivity (Wildman–Crippen MR) is 105 cm³/mol. The summed E-state index contributed by atoms with van der Waals surface area (Å²) in [5.74, 6) is -0.710. The van der Waals surface area contributed by atoms with Gasteiger partial charge in [0.05, 0.1) is 29.1 Å². The van der Waals surface area contributed by atoms with Crippen molar-refractivity contribution >= 4 is 28.9 Å². The molecule has 9 heteroatoms. The summed E-state index contributed by atoms with van der Waals surface area (Å²) in [5, 5.41) is 15.1. The average Bonchev–Trinajstić information content (AvgIpc) is 3.23. The minimum absolute atomic E-state index is 0.146. The molecule has 0 aliphatic heterocycles. The van der Waals surface area contributed by atoms with Crippen molar-refractivity contribution in [3.05, 3.63) is 88.4 Å². The number of furan rings is 1. The van der Waals surface area contributed by atoms with Crippen molar-refractivity contribution in [2.75, 3.05) is 0 Å². The molecule has 0 spiro atoms. The highest BCUT2D eigenvalue weighted by atomic mass is 16.6. The van der Waals surface area contributed by atoms with Crippen LogP contribution in [-0.4, -0.2) is 27.0 Å². The Balaban J connectivity index is 1.64. The van der Waals surface area contributed by atoms with Gasteiger partial charge in [-0.05, 0) is 30.3 Å². The van der Waals surface area contributed by atoms with E-state index in [-0.39, 0.29) is 5.76 Å². The largest absolute Gasteiger partial charge is 0.433 e. The Morgan fingerprint density at radius 3 is 2.79 bits per heavy atom. The van der Waals surface area contributed by atoms with Crippen LogP contribution in [0.25, 0.3) is 22.2 Å². The van der Waals surface area contributed by atoms with Crippen LogP contribution in [0.3, 0.4) is 0 Å². The molecule has 0 saturated carbocycles. The first-order valence-corrected chi connectivity index (χ1v) is 8.49. The first kappa shape index (κ1) is 18.0. The fraction of sp³-hybridized carbons (Fsp3) is 0. The summed E-state index contributed by atoms with van der Waals surface area (Å²) in [4.78, 5) is 31.4. The van der Waals surface area contributed by atoms with E-state index in [0.717, 1.165) is 5.56 Å². The normalized spacial score (nSPS) is 11.0. The summed E-state index contributed by atoms with van der Waals surface area (Å²) >= 11 is 0. The van der Waals surface area contributed by atoms with Crippen molar-refractivity contribution in [1.82, 2.24) is 15.4 Å². The second kappa shape index (κ2) is 7.69. The highest BCUT2D eigenvalue weighted by Gasteiger charge is 2.14. The first-order chi connectivity index (χ1) is 14.1. The van der Waals surface area contributed by atoms with E-state index in [0.29, 0.717) is 22.2 Å². The van der Waals surface area contributed by atoms with Gasteiger partial charge < -0.3 is 4.42 Å². The van der Waals surface area contributed by atoms with E-state index in [9.17, 15) is 14.9 Å². The van der Waals surface area contributed by atoms with Crippen LogP contribution in [0.5, 0.6) is 0 Å². The Kier molecular flexibility index (Phi) is 4.77. The molecule has 0 aliphatic carbocycles. The third kappa shape index (κ3) is 3.83. The van der Waals surface area contributed by atoms with Gasteiger partial charge in [0.1, 0.15) is 4.92 Å². The zero-order valence-electron chi connectivity index (χ0n) is 14.9. The molecule has 0 aliphatic rings. The third-order valence-electron chi connectivity index (χ3n) is 4.07. The molecule has 1 aromatic carbocycles. The van der Waals surface area contributed by atoms with Crippen molar-refractivity contribution in [2.45, 2.75) is 0 Å². The van der Waals surface area contributed by atoms with E-state index in [2.05, 4.69) is 20.5 Å². The molecule has 1 amide bonds. The van der Waals surface area contributed by atoms with Gasteiger partial charge in [0.25, 0.3) is 5.91 Å². The van der Waals surface area contributed by atoms with Gasteiger partial charge in [-0.3, -0.25) is 19.9 Å². The first-order valence-electron chi connectivity index (χ1n) is 8.49. The van der Waals surface area contributed by atoms with Crippen LogP contribution in [0, 0.1) is 10.1 Å². The number of para-hydroxylation sites is 1. The van der Waals surface area contributed by atoms with E-state index in [1.165, 1.54) is 18.3 Å². The van der Waals surface area contributed by atoms with E-state index in [1.54, 1.807) is 30.6 Å². The van der Waals surface area contributed by atoms with Crippen molar-refractivity contribution < 1.29 is 14.1 Å². The van der Waals surface area contributed by atoms with Crippen LogP contribution in [0.1, 0.15) is 16.1 Å². The zero-order chi connectivity index (χ0) is 20.2. The summed E-state index contributed by atoms with van der Waals surface area (Å²) < 4.78 is 4.96. The Bertz CT molecular complexity index is 1230. The number of amides is 1. The van der Waals surface area contributed by atoms with Crippen molar-refractivity contribution in [1.29, 1.82) is 0 Å². The molecule has 1 N–H and O–H groups in total. The number of pyridine rings is 2. The molecule has 4 rings (SSSR count). The van der Waals surface area contributed by atoms with Gasteiger partial charge in [-0.25, -0.2) is 10.4 Å². The molecular weight excluding hydrogens is 374 g/mol. The number of rotatable bonds is 5. The van der Waals surface area contributed by atoms with Gasteiger partial charge in [-0.1, -0.05) is 18.2 Å². The summed E-state index contributed by atoms with van der Waals surface area (Å²) in [6.07, 6.45) is 4.52. The maximum Gasteiger partial charge on any atom is 0.433 e. The lowest BCUT2D eigenvalue weighted by Gasteiger charge is -2.08. The molecule has 0 atom stereocenters. The number of benzene rings is 1. The molecule has 0 fully saturated rings. The smallest absolute Gasteiger partial charge is 0.400 e. The van der Waals surface area contributed by atoms with E-state index in [1.807, 2.05) is 24.3 Å². The van der Waals surface area contributed by atoms with Crippen LogP contribution < -0.4 is 5.43 Å². The van der Waals surface area contributed by atoms with Crippen molar-refractivity contribution in [3.8, 4) is 11.3 Å². The van der Waals surface area contributed by atoms with Crippen LogP contribution in [-0.2, 0) is 0 Å². The number of nitrogens with zero attached hydrogens (tertiary/aromatic N) is 4. The number of nitrogens with one attached hydrogen (secondary N) is 1. The Morgan fingerprint density at radius 1 is 1.17 bits per heavy atom. The predicted octanol–water partition coefficient (Wildman–Crippen LogP) is 3.56. The second-order valence-corrected chi connectivity index (χ2v) is 5.95. The minimum atomic E-state index is -0.654. The third-order valence-corrected chi connectivity index (χ3v) is 4.07. The number of nitro groups is 1. The number of aromatic nitrogens is 2. The summed E-state index contributed by atoms with van der Waals surface area (Å²) in [7, 11) is 0. The van der Waals surface area contributed by atoms with E-state index >= 15 is 0 Å². The SMILES string of the molecule is O=C(N/N=C\c1ccc([N+](=O)[O-])o1)c1cc(-c2cccnc2)nc2ccccc12. The lowest BCUT2D eigenvalue weighted by atomic mass is 10.0. The summed E-state index contributed by atoms with van der Waals surface area (Å²) in [6.45, 7) is 0. The van der Waals surface area contributed by atoms with Crippen LogP contribution in [0.2, 0.25) is 0 Å². The minimum Gasteiger partial charge on any atom is -0.400 e. The van der Waals surface area contributed by atoms with Gasteiger partial charge in [0.15, 0.2) is 5.76 Å². The molecule has 3 aromatic heterocycles. The van der Waals surface area contributed by atoms with Crippen LogP contribution in [0.15, 0.2) is 76.5 Å². The van der Waals surface area contributed by atoms with Crippen LogP contribution in [0.4, 0.5) is 5.88 Å².